The van der Waals surface area contributed by atoms with Gasteiger partial charge in [0.25, 0.3) is 5.91 Å². The number of hydrogen-bond donors (Lipinski definition) is 1. The zero-order valence-corrected chi connectivity index (χ0v) is 11.9. The lowest BCUT2D eigenvalue weighted by Crippen LogP contribution is -2.35. The van der Waals surface area contributed by atoms with Gasteiger partial charge in [0.2, 0.25) is 0 Å². The molecule has 1 aromatic rings. The second-order valence-corrected chi connectivity index (χ2v) is 4.56. The van der Waals surface area contributed by atoms with Gasteiger partial charge in [-0.15, -0.1) is 12.4 Å². The van der Waals surface area contributed by atoms with Gasteiger partial charge in [-0.3, -0.25) is 4.79 Å². The van der Waals surface area contributed by atoms with Gasteiger partial charge in [-0.2, -0.15) is 13.2 Å². The van der Waals surface area contributed by atoms with Gasteiger partial charge in [0.15, 0.2) is 0 Å². The molecule has 1 amide bonds. The molecule has 8 heteroatoms. The molecule has 0 radical (unpaired) electrons. The van der Waals surface area contributed by atoms with Crippen molar-refractivity contribution in [1.29, 1.82) is 0 Å². The van der Waals surface area contributed by atoms with Gasteiger partial charge >= 0.3 is 6.18 Å². The molecule has 0 aliphatic carbocycles. The molecule has 0 bridgehead atoms. The number of nitrogens with one attached hydrogen (secondary N) is 1. The van der Waals surface area contributed by atoms with E-state index in [0.717, 1.165) is 18.7 Å². The molecule has 1 aliphatic rings. The number of hydrogen-bond acceptors (Lipinski definition) is 2. The minimum atomic E-state index is -4.80. The predicted molar refractivity (Wildman–Crippen MR) is 72.0 cm³/mol. The van der Waals surface area contributed by atoms with E-state index in [2.05, 4.69) is 5.32 Å². The van der Waals surface area contributed by atoms with Gasteiger partial charge in [0.1, 0.15) is 5.82 Å². The first-order valence-electron chi connectivity index (χ1n) is 6.27. The molecule has 0 unspecified atom stereocenters. The van der Waals surface area contributed by atoms with E-state index in [9.17, 15) is 22.4 Å². The average molecular weight is 327 g/mol. The summed E-state index contributed by atoms with van der Waals surface area (Å²) in [4.78, 5) is 13.5. The first kappa shape index (κ1) is 17.7. The van der Waals surface area contributed by atoms with Crippen molar-refractivity contribution in [3.63, 3.8) is 0 Å². The zero-order chi connectivity index (χ0) is 14.8. The van der Waals surface area contributed by atoms with Gasteiger partial charge in [0, 0.05) is 19.6 Å². The van der Waals surface area contributed by atoms with Crippen LogP contribution in [0.2, 0.25) is 0 Å². The fraction of sp³-hybridized carbons (Fsp3) is 0.462. The normalized spacial score (nSPS) is 16.1. The molecule has 0 spiro atoms. The monoisotopic (exact) mass is 326 g/mol. The number of benzene rings is 1. The van der Waals surface area contributed by atoms with E-state index < -0.39 is 29.0 Å². The summed E-state index contributed by atoms with van der Waals surface area (Å²) < 4.78 is 51.8. The van der Waals surface area contributed by atoms with Gasteiger partial charge in [-0.05, 0) is 25.1 Å². The lowest BCUT2D eigenvalue weighted by atomic mass is 10.1. The van der Waals surface area contributed by atoms with Crippen LogP contribution in [0.1, 0.15) is 22.3 Å². The van der Waals surface area contributed by atoms with E-state index in [1.807, 2.05) is 0 Å². The molecule has 1 saturated heterocycles. The maximum Gasteiger partial charge on any atom is 0.419 e. The third kappa shape index (κ3) is 4.07. The number of carbonyl (C=O) groups is 1. The number of halogens is 5. The van der Waals surface area contributed by atoms with Crippen molar-refractivity contribution in [1.82, 2.24) is 10.2 Å². The second-order valence-electron chi connectivity index (χ2n) is 4.56. The molecule has 1 heterocycles. The summed E-state index contributed by atoms with van der Waals surface area (Å²) in [6, 6.07) is 2.77. The third-order valence-electron chi connectivity index (χ3n) is 3.16. The largest absolute Gasteiger partial charge is 0.419 e. The Morgan fingerprint density at radius 3 is 2.57 bits per heavy atom. The van der Waals surface area contributed by atoms with E-state index >= 15 is 0 Å². The highest BCUT2D eigenvalue weighted by Gasteiger charge is 2.36. The van der Waals surface area contributed by atoms with Crippen LogP contribution < -0.4 is 5.32 Å². The van der Waals surface area contributed by atoms with E-state index in [4.69, 9.17) is 0 Å². The van der Waals surface area contributed by atoms with E-state index in [1.54, 1.807) is 0 Å². The fourth-order valence-electron chi connectivity index (χ4n) is 2.14. The number of nitrogens with zero attached hydrogens (tertiary/aromatic N) is 1. The maximum atomic E-state index is 13.9. The molecule has 0 atom stereocenters. The SMILES string of the molecule is Cl.O=C(c1cccc(C(F)(F)F)c1F)N1CCCNCC1. The molecule has 118 valence electrons. The fourth-order valence-corrected chi connectivity index (χ4v) is 2.14. The summed E-state index contributed by atoms with van der Waals surface area (Å²) >= 11 is 0. The summed E-state index contributed by atoms with van der Waals surface area (Å²) in [5.74, 6) is -2.19. The molecular weight excluding hydrogens is 312 g/mol. The van der Waals surface area contributed by atoms with Crippen LogP contribution in [0, 0.1) is 5.82 Å². The van der Waals surface area contributed by atoms with Crippen LogP contribution in [-0.4, -0.2) is 37.0 Å². The molecule has 0 saturated carbocycles. The molecule has 0 aromatic heterocycles. The molecule has 2 rings (SSSR count). The van der Waals surface area contributed by atoms with Crippen molar-refractivity contribution < 1.29 is 22.4 Å². The topological polar surface area (TPSA) is 32.3 Å². The molecule has 1 N–H and O–H groups in total. The van der Waals surface area contributed by atoms with Crippen LogP contribution in [0.15, 0.2) is 18.2 Å². The van der Waals surface area contributed by atoms with E-state index in [-0.39, 0.29) is 12.4 Å². The number of alkyl halides is 3. The Morgan fingerprint density at radius 2 is 1.90 bits per heavy atom. The van der Waals surface area contributed by atoms with Crippen LogP contribution in [-0.2, 0) is 6.18 Å². The van der Waals surface area contributed by atoms with Crippen molar-refractivity contribution in [2.24, 2.45) is 0 Å². The van der Waals surface area contributed by atoms with Crippen molar-refractivity contribution in [2.75, 3.05) is 26.2 Å². The Morgan fingerprint density at radius 1 is 1.19 bits per heavy atom. The lowest BCUT2D eigenvalue weighted by Gasteiger charge is -2.21. The summed E-state index contributed by atoms with van der Waals surface area (Å²) in [5, 5.41) is 3.07. The van der Waals surface area contributed by atoms with Crippen LogP contribution in [0.5, 0.6) is 0 Å². The predicted octanol–water partition coefficient (Wildman–Crippen LogP) is 2.70. The van der Waals surface area contributed by atoms with Crippen molar-refractivity contribution in [2.45, 2.75) is 12.6 Å². The van der Waals surface area contributed by atoms with E-state index in [1.165, 1.54) is 4.90 Å². The van der Waals surface area contributed by atoms with Crippen LogP contribution in [0.3, 0.4) is 0 Å². The summed E-state index contributed by atoms with van der Waals surface area (Å²) in [6.07, 6.45) is -4.12. The molecular formula is C13H15ClF4N2O. The quantitative estimate of drug-likeness (QED) is 0.805. The van der Waals surface area contributed by atoms with Gasteiger partial charge in [-0.1, -0.05) is 6.07 Å². The highest BCUT2D eigenvalue weighted by Crippen LogP contribution is 2.32. The smallest absolute Gasteiger partial charge is 0.337 e. The summed E-state index contributed by atoms with van der Waals surface area (Å²) in [7, 11) is 0. The Hall–Kier alpha value is -1.34. The second kappa shape index (κ2) is 7.09. The Bertz CT molecular complexity index is 499. The first-order valence-corrected chi connectivity index (χ1v) is 6.27. The van der Waals surface area contributed by atoms with Gasteiger partial charge in [-0.25, -0.2) is 4.39 Å². The Kier molecular flexibility index (Phi) is 5.98. The van der Waals surface area contributed by atoms with Crippen LogP contribution in [0.25, 0.3) is 0 Å². The maximum absolute atomic E-state index is 13.9. The molecule has 1 aromatic carbocycles. The summed E-state index contributed by atoms with van der Waals surface area (Å²) in [5.41, 5.74) is -1.93. The van der Waals surface area contributed by atoms with E-state index in [0.29, 0.717) is 32.1 Å². The first-order chi connectivity index (χ1) is 9.41. The van der Waals surface area contributed by atoms with Crippen molar-refractivity contribution >= 4 is 18.3 Å². The minimum Gasteiger partial charge on any atom is -0.337 e. The number of carbonyl (C=O) groups excluding carboxylic acids is 1. The van der Waals surface area contributed by atoms with Crippen molar-refractivity contribution in [3.05, 3.63) is 35.1 Å². The molecule has 3 nitrogen and oxygen atoms in total. The molecule has 1 aliphatic heterocycles. The van der Waals surface area contributed by atoms with Crippen LogP contribution >= 0.6 is 12.4 Å². The van der Waals surface area contributed by atoms with Crippen molar-refractivity contribution in [3.8, 4) is 0 Å². The average Bonchev–Trinajstić information content (AvgIpc) is 2.65. The zero-order valence-electron chi connectivity index (χ0n) is 11.0. The standard InChI is InChI=1S/C13H14F4N2O.ClH/c14-11-9(3-1-4-10(11)13(15,16)17)12(20)19-7-2-5-18-6-8-19;/h1,3-4,18H,2,5-8H2;1H. The van der Waals surface area contributed by atoms with Gasteiger partial charge in [0.05, 0.1) is 11.1 Å². The Balaban J connectivity index is 0.00000220. The number of rotatable bonds is 1. The number of amides is 1. The Labute approximate surface area is 125 Å². The van der Waals surface area contributed by atoms with Gasteiger partial charge < -0.3 is 10.2 Å². The lowest BCUT2D eigenvalue weighted by molar-refractivity contribution is -0.140. The minimum absolute atomic E-state index is 0. The molecule has 1 fully saturated rings. The third-order valence-corrected chi connectivity index (χ3v) is 3.16. The molecule has 21 heavy (non-hydrogen) atoms. The summed E-state index contributed by atoms with van der Waals surface area (Å²) in [6.45, 7) is 2.04. The highest BCUT2D eigenvalue weighted by molar-refractivity contribution is 5.94. The van der Waals surface area contributed by atoms with Crippen LogP contribution in [0.4, 0.5) is 17.6 Å². The highest BCUT2D eigenvalue weighted by atomic mass is 35.5.